The molecule has 1 unspecified atom stereocenters. The zero-order chi connectivity index (χ0) is 30.4. The monoisotopic (exact) mass is 583 g/mol. The van der Waals surface area contributed by atoms with E-state index in [9.17, 15) is 19.2 Å². The summed E-state index contributed by atoms with van der Waals surface area (Å²) in [5.74, 6) is 1.67. The highest BCUT2D eigenvalue weighted by molar-refractivity contribution is 6.07. The van der Waals surface area contributed by atoms with Crippen molar-refractivity contribution in [2.24, 2.45) is 13.0 Å². The van der Waals surface area contributed by atoms with Gasteiger partial charge < -0.3 is 18.9 Å². The van der Waals surface area contributed by atoms with Gasteiger partial charge in [0, 0.05) is 57.0 Å². The lowest BCUT2D eigenvalue weighted by Gasteiger charge is -2.40. The predicted octanol–water partition coefficient (Wildman–Crippen LogP) is 3.70. The molecule has 2 aromatic carbocycles. The third-order valence-electron chi connectivity index (χ3n) is 9.06. The van der Waals surface area contributed by atoms with Gasteiger partial charge in [-0.3, -0.25) is 24.1 Å². The molecule has 224 valence electrons. The Labute approximate surface area is 251 Å². The van der Waals surface area contributed by atoms with Crippen LogP contribution in [0.1, 0.15) is 51.9 Å². The number of fused-ring (bicyclic) bond motifs is 1. The van der Waals surface area contributed by atoms with Crippen molar-refractivity contribution in [1.29, 1.82) is 0 Å². The summed E-state index contributed by atoms with van der Waals surface area (Å²) in [7, 11) is 5.07. The summed E-state index contributed by atoms with van der Waals surface area (Å²) in [5.41, 5.74) is 6.23. The number of nitrogens with zero attached hydrogens (tertiary/aromatic N) is 3. The van der Waals surface area contributed by atoms with E-state index in [2.05, 4.69) is 11.0 Å². The minimum Gasteiger partial charge on any atom is -0.496 e. The van der Waals surface area contributed by atoms with E-state index in [1.807, 2.05) is 43.5 Å². The lowest BCUT2D eigenvalue weighted by molar-refractivity contribution is -0.133. The molecule has 1 amide bonds. The third kappa shape index (κ3) is 5.49. The number of Topliss-reactive ketones (excluding diaryl/α,β-unsaturated/α-hetero) is 2. The summed E-state index contributed by atoms with van der Waals surface area (Å²) in [5, 5.41) is 0. The first kappa shape index (κ1) is 28.9. The maximum atomic E-state index is 13.2. The Balaban J connectivity index is 1.11. The summed E-state index contributed by atoms with van der Waals surface area (Å²) < 4.78 is 13.2. The number of methoxy groups -OCH3 is 2. The number of aryl methyl sites for hydroxylation is 2. The number of aromatic nitrogens is 1. The highest BCUT2D eigenvalue weighted by atomic mass is 16.5. The molecule has 3 aromatic rings. The molecular formula is C34H37N3O6. The molecule has 1 atom stereocenters. The van der Waals surface area contributed by atoms with Crippen molar-refractivity contribution in [1.82, 2.24) is 14.4 Å². The van der Waals surface area contributed by atoms with Crippen molar-refractivity contribution in [2.75, 3.05) is 27.3 Å². The molecule has 9 nitrogen and oxygen atoms in total. The molecule has 9 heteroatoms. The van der Waals surface area contributed by atoms with E-state index >= 15 is 0 Å². The number of carbonyl (C=O) groups excluding carboxylic acids is 3. The molecule has 43 heavy (non-hydrogen) atoms. The number of hydrogen-bond donors (Lipinski definition) is 0. The van der Waals surface area contributed by atoms with Crippen LogP contribution >= 0.6 is 0 Å². The molecule has 0 N–H and O–H groups in total. The summed E-state index contributed by atoms with van der Waals surface area (Å²) in [6.45, 7) is 4.76. The third-order valence-corrected chi connectivity index (χ3v) is 9.06. The summed E-state index contributed by atoms with van der Waals surface area (Å²) >= 11 is 0. The van der Waals surface area contributed by atoms with Gasteiger partial charge in [0.15, 0.2) is 5.78 Å². The van der Waals surface area contributed by atoms with Crippen LogP contribution in [0.25, 0.3) is 11.1 Å². The Kier molecular flexibility index (Phi) is 7.68. The number of carbonyl (C=O) groups is 3. The minimum atomic E-state index is -0.491. The SMILES string of the molecule is COc1cc(-c2cc(C)c(=O)n(C)c2)cc(OC)c1CN1CC(Cc2ccc3c(c2)C(=O)N(C2CCC(=O)CC2=O)C3)C1. The van der Waals surface area contributed by atoms with E-state index in [1.54, 1.807) is 30.7 Å². The fraction of sp³-hybridized carbons (Fsp3) is 0.412. The van der Waals surface area contributed by atoms with E-state index in [0.717, 1.165) is 58.8 Å². The molecule has 1 aliphatic carbocycles. The molecule has 1 saturated heterocycles. The van der Waals surface area contributed by atoms with Gasteiger partial charge >= 0.3 is 0 Å². The van der Waals surface area contributed by atoms with Crippen LogP contribution in [-0.2, 0) is 36.1 Å². The zero-order valence-corrected chi connectivity index (χ0v) is 25.1. The number of rotatable bonds is 8. The number of benzene rings is 2. The molecule has 0 bridgehead atoms. The van der Waals surface area contributed by atoms with E-state index in [-0.39, 0.29) is 29.5 Å². The van der Waals surface area contributed by atoms with Crippen LogP contribution in [0.3, 0.4) is 0 Å². The molecule has 0 radical (unpaired) electrons. The quantitative estimate of drug-likeness (QED) is 0.373. The second-order valence-corrected chi connectivity index (χ2v) is 12.1. The lowest BCUT2D eigenvalue weighted by Crippen LogP contribution is -2.46. The predicted molar refractivity (Wildman–Crippen MR) is 161 cm³/mol. The van der Waals surface area contributed by atoms with Gasteiger partial charge in [-0.15, -0.1) is 0 Å². The molecule has 3 heterocycles. The molecule has 0 spiro atoms. The minimum absolute atomic E-state index is 0.0187. The molecule has 1 aromatic heterocycles. The fourth-order valence-electron chi connectivity index (χ4n) is 6.77. The van der Waals surface area contributed by atoms with E-state index < -0.39 is 6.04 Å². The highest BCUT2D eigenvalue weighted by Crippen LogP contribution is 2.38. The molecule has 1 saturated carbocycles. The van der Waals surface area contributed by atoms with Crippen LogP contribution in [0.4, 0.5) is 0 Å². The van der Waals surface area contributed by atoms with Gasteiger partial charge in [-0.2, -0.15) is 0 Å². The van der Waals surface area contributed by atoms with Crippen molar-refractivity contribution in [3.63, 3.8) is 0 Å². The topological polar surface area (TPSA) is 98.2 Å². The van der Waals surface area contributed by atoms with Gasteiger partial charge in [0.1, 0.15) is 17.3 Å². The first-order valence-electron chi connectivity index (χ1n) is 14.8. The normalized spacial score (nSPS) is 19.0. The van der Waals surface area contributed by atoms with Gasteiger partial charge in [0.25, 0.3) is 11.5 Å². The fourth-order valence-corrected chi connectivity index (χ4v) is 6.77. The first-order chi connectivity index (χ1) is 20.6. The Hall–Kier alpha value is -4.24. The highest BCUT2D eigenvalue weighted by Gasteiger charge is 2.39. The second kappa shape index (κ2) is 11.4. The molecule has 2 aliphatic heterocycles. The number of ether oxygens (including phenoxy) is 2. The summed E-state index contributed by atoms with van der Waals surface area (Å²) in [4.78, 5) is 53.5. The number of hydrogen-bond acceptors (Lipinski definition) is 7. The smallest absolute Gasteiger partial charge is 0.255 e. The van der Waals surface area contributed by atoms with E-state index in [0.29, 0.717) is 43.0 Å². The summed E-state index contributed by atoms with van der Waals surface area (Å²) in [6, 6.07) is 11.5. The van der Waals surface area contributed by atoms with Gasteiger partial charge in [-0.05, 0) is 72.2 Å². The Morgan fingerprint density at radius 2 is 1.65 bits per heavy atom. The average Bonchev–Trinajstić information content (AvgIpc) is 3.29. The number of pyridine rings is 1. The van der Waals surface area contributed by atoms with Gasteiger partial charge in [-0.1, -0.05) is 12.1 Å². The van der Waals surface area contributed by atoms with Crippen LogP contribution in [-0.4, -0.2) is 65.2 Å². The van der Waals surface area contributed by atoms with E-state index in [4.69, 9.17) is 9.47 Å². The van der Waals surface area contributed by atoms with Gasteiger partial charge in [0.05, 0.1) is 32.2 Å². The largest absolute Gasteiger partial charge is 0.496 e. The van der Waals surface area contributed by atoms with Crippen molar-refractivity contribution < 1.29 is 23.9 Å². The van der Waals surface area contributed by atoms with Crippen LogP contribution in [0.5, 0.6) is 11.5 Å². The van der Waals surface area contributed by atoms with Crippen molar-refractivity contribution >= 4 is 17.5 Å². The van der Waals surface area contributed by atoms with Crippen LogP contribution in [0.2, 0.25) is 0 Å². The van der Waals surface area contributed by atoms with Crippen molar-refractivity contribution in [3.05, 3.63) is 80.8 Å². The summed E-state index contributed by atoms with van der Waals surface area (Å²) in [6.07, 6.45) is 3.41. The Bertz CT molecular complexity index is 1630. The average molecular weight is 584 g/mol. The van der Waals surface area contributed by atoms with Gasteiger partial charge in [-0.25, -0.2) is 0 Å². The van der Waals surface area contributed by atoms with Crippen LogP contribution in [0.15, 0.2) is 47.4 Å². The Morgan fingerprint density at radius 3 is 2.30 bits per heavy atom. The number of ketones is 2. The Morgan fingerprint density at radius 1 is 0.930 bits per heavy atom. The van der Waals surface area contributed by atoms with Gasteiger partial charge in [0.2, 0.25) is 0 Å². The van der Waals surface area contributed by atoms with Crippen LogP contribution < -0.4 is 15.0 Å². The maximum Gasteiger partial charge on any atom is 0.255 e. The molecular weight excluding hydrogens is 546 g/mol. The standard InChI is InChI=1S/C34H37N3O6/c1-20-9-25(17-35(2)33(20)40)24-12-31(42-3)28(32(13-24)43-4)19-36-15-22(16-36)10-21-5-6-23-18-37(34(41)27(23)11-21)29-8-7-26(38)14-30(29)39/h5-6,9,11-13,17,22,29H,7-8,10,14-16,18-19H2,1-4H3. The van der Waals surface area contributed by atoms with Crippen molar-refractivity contribution in [2.45, 2.75) is 51.7 Å². The molecule has 2 fully saturated rings. The maximum absolute atomic E-state index is 13.2. The zero-order valence-electron chi connectivity index (χ0n) is 25.1. The number of amides is 1. The molecule has 3 aliphatic rings. The van der Waals surface area contributed by atoms with Crippen LogP contribution in [0, 0.1) is 12.8 Å². The van der Waals surface area contributed by atoms with Crippen molar-refractivity contribution in [3.8, 4) is 22.6 Å². The van der Waals surface area contributed by atoms with E-state index in [1.165, 1.54) is 0 Å². The second-order valence-electron chi connectivity index (χ2n) is 12.1. The molecule has 6 rings (SSSR count). The first-order valence-corrected chi connectivity index (χ1v) is 14.8. The number of likely N-dealkylation sites (tertiary alicyclic amines) is 1. The lowest BCUT2D eigenvalue weighted by atomic mass is 9.90.